The largest absolute Gasteiger partial charge is 0.396 e. The fourth-order valence-electron chi connectivity index (χ4n) is 2.68. The van der Waals surface area contributed by atoms with Gasteiger partial charge in [-0.25, -0.2) is 0 Å². The van der Waals surface area contributed by atoms with Crippen LogP contribution in [0.1, 0.15) is 43.2 Å². The van der Waals surface area contributed by atoms with Crippen LogP contribution in [0.25, 0.3) is 10.1 Å². The molecule has 3 heteroatoms. The Bertz CT molecular complexity index is 549. The molecule has 2 aromatic rings. The Balaban J connectivity index is 2.07. The van der Waals surface area contributed by atoms with Crippen LogP contribution in [-0.4, -0.2) is 18.3 Å². The van der Waals surface area contributed by atoms with Gasteiger partial charge in [-0.15, -0.1) is 11.3 Å². The van der Waals surface area contributed by atoms with E-state index in [-0.39, 0.29) is 6.61 Å². The standard InChI is InChI=1S/C17H25NOS/c1-4-14(9-10-19)11-18-13(3)17-12(2)15-7-5-6-8-16(15)20-17/h5-8,13-14,18-19H,4,9-11H2,1-3H3. The zero-order chi connectivity index (χ0) is 14.5. The molecule has 0 saturated heterocycles. The molecular weight excluding hydrogens is 266 g/mol. The Labute approximate surface area is 125 Å². The smallest absolute Gasteiger partial charge is 0.0434 e. The maximum Gasteiger partial charge on any atom is 0.0434 e. The summed E-state index contributed by atoms with van der Waals surface area (Å²) in [6, 6.07) is 8.99. The van der Waals surface area contributed by atoms with E-state index in [1.807, 2.05) is 11.3 Å². The normalized spacial score (nSPS) is 14.6. The van der Waals surface area contributed by atoms with Gasteiger partial charge in [0.15, 0.2) is 0 Å². The highest BCUT2D eigenvalue weighted by molar-refractivity contribution is 7.19. The van der Waals surface area contributed by atoms with Crippen molar-refractivity contribution in [1.29, 1.82) is 0 Å². The Morgan fingerprint density at radius 1 is 1.30 bits per heavy atom. The van der Waals surface area contributed by atoms with Crippen LogP contribution in [0.3, 0.4) is 0 Å². The minimum absolute atomic E-state index is 0.288. The SMILES string of the molecule is CCC(CCO)CNC(C)c1sc2ccccc2c1C. The third kappa shape index (κ3) is 3.40. The highest BCUT2D eigenvalue weighted by atomic mass is 32.1. The van der Waals surface area contributed by atoms with E-state index in [0.717, 1.165) is 19.4 Å². The summed E-state index contributed by atoms with van der Waals surface area (Å²) >= 11 is 1.89. The van der Waals surface area contributed by atoms with E-state index in [9.17, 15) is 0 Å². The lowest BCUT2D eigenvalue weighted by atomic mass is 10.0. The van der Waals surface area contributed by atoms with Gasteiger partial charge in [-0.3, -0.25) is 0 Å². The van der Waals surface area contributed by atoms with Crippen molar-refractivity contribution in [2.24, 2.45) is 5.92 Å². The molecule has 0 spiro atoms. The number of benzene rings is 1. The fourth-order valence-corrected chi connectivity index (χ4v) is 3.91. The summed E-state index contributed by atoms with van der Waals surface area (Å²) in [5, 5.41) is 14.1. The van der Waals surface area contributed by atoms with Gasteiger partial charge in [-0.05, 0) is 49.7 Å². The second-order valence-electron chi connectivity index (χ2n) is 5.50. The van der Waals surface area contributed by atoms with E-state index in [2.05, 4.69) is 50.4 Å². The Hall–Kier alpha value is -0.900. The van der Waals surface area contributed by atoms with Crippen LogP contribution in [0.5, 0.6) is 0 Å². The highest BCUT2D eigenvalue weighted by Gasteiger charge is 2.15. The maximum atomic E-state index is 9.06. The molecule has 2 atom stereocenters. The Kier molecular flexibility index (Phi) is 5.58. The first-order chi connectivity index (χ1) is 9.67. The van der Waals surface area contributed by atoms with Crippen molar-refractivity contribution in [3.8, 4) is 0 Å². The molecule has 0 bridgehead atoms. The lowest BCUT2D eigenvalue weighted by Gasteiger charge is -2.19. The van der Waals surface area contributed by atoms with Gasteiger partial charge in [0.1, 0.15) is 0 Å². The first kappa shape index (κ1) is 15.5. The lowest BCUT2D eigenvalue weighted by molar-refractivity contribution is 0.249. The van der Waals surface area contributed by atoms with E-state index in [4.69, 9.17) is 5.11 Å². The van der Waals surface area contributed by atoms with Crippen molar-refractivity contribution in [3.63, 3.8) is 0 Å². The van der Waals surface area contributed by atoms with Crippen LogP contribution < -0.4 is 5.32 Å². The molecule has 2 N–H and O–H groups in total. The van der Waals surface area contributed by atoms with E-state index in [1.54, 1.807) is 0 Å². The minimum Gasteiger partial charge on any atom is -0.396 e. The zero-order valence-electron chi connectivity index (χ0n) is 12.6. The van der Waals surface area contributed by atoms with Crippen LogP contribution in [0, 0.1) is 12.8 Å². The summed E-state index contributed by atoms with van der Waals surface area (Å²) in [5.41, 5.74) is 1.40. The topological polar surface area (TPSA) is 32.3 Å². The molecule has 2 rings (SSSR count). The second kappa shape index (κ2) is 7.21. The summed E-state index contributed by atoms with van der Waals surface area (Å²) < 4.78 is 1.37. The molecule has 0 aliphatic carbocycles. The minimum atomic E-state index is 0.288. The van der Waals surface area contributed by atoms with Crippen LogP contribution >= 0.6 is 11.3 Å². The van der Waals surface area contributed by atoms with E-state index >= 15 is 0 Å². The molecule has 20 heavy (non-hydrogen) atoms. The van der Waals surface area contributed by atoms with E-state index in [0.29, 0.717) is 12.0 Å². The van der Waals surface area contributed by atoms with Gasteiger partial charge in [0, 0.05) is 22.2 Å². The third-order valence-corrected chi connectivity index (χ3v) is 5.56. The number of hydrogen-bond donors (Lipinski definition) is 2. The summed E-state index contributed by atoms with van der Waals surface area (Å²) in [6.45, 7) is 7.92. The zero-order valence-corrected chi connectivity index (χ0v) is 13.5. The van der Waals surface area contributed by atoms with E-state index < -0.39 is 0 Å². The quantitative estimate of drug-likeness (QED) is 0.798. The molecule has 0 aliphatic heterocycles. The number of nitrogens with one attached hydrogen (secondary N) is 1. The first-order valence-electron chi connectivity index (χ1n) is 7.49. The highest BCUT2D eigenvalue weighted by Crippen LogP contribution is 2.34. The predicted molar refractivity (Wildman–Crippen MR) is 88.5 cm³/mol. The van der Waals surface area contributed by atoms with Crippen molar-refractivity contribution < 1.29 is 5.11 Å². The Morgan fingerprint density at radius 2 is 2.05 bits per heavy atom. The Morgan fingerprint density at radius 3 is 2.70 bits per heavy atom. The molecule has 0 saturated carbocycles. The van der Waals surface area contributed by atoms with Crippen LogP contribution in [0.15, 0.2) is 24.3 Å². The van der Waals surface area contributed by atoms with Gasteiger partial charge >= 0.3 is 0 Å². The molecule has 2 unspecified atom stereocenters. The van der Waals surface area contributed by atoms with Gasteiger partial charge < -0.3 is 10.4 Å². The molecule has 1 heterocycles. The number of hydrogen-bond acceptors (Lipinski definition) is 3. The van der Waals surface area contributed by atoms with Gasteiger partial charge in [-0.1, -0.05) is 31.5 Å². The molecule has 110 valence electrons. The van der Waals surface area contributed by atoms with Gasteiger partial charge in [0.2, 0.25) is 0 Å². The van der Waals surface area contributed by atoms with Crippen LogP contribution in [0.2, 0.25) is 0 Å². The predicted octanol–water partition coefficient (Wildman–Crippen LogP) is 4.27. The lowest BCUT2D eigenvalue weighted by Crippen LogP contribution is -2.26. The van der Waals surface area contributed by atoms with Crippen molar-refractivity contribution >= 4 is 21.4 Å². The van der Waals surface area contributed by atoms with Gasteiger partial charge in [-0.2, -0.15) is 0 Å². The average Bonchev–Trinajstić information content (AvgIpc) is 2.81. The number of rotatable bonds is 7. The number of aliphatic hydroxyl groups is 1. The maximum absolute atomic E-state index is 9.06. The van der Waals surface area contributed by atoms with Crippen molar-refractivity contribution in [2.75, 3.05) is 13.2 Å². The third-order valence-electron chi connectivity index (χ3n) is 4.10. The molecule has 0 amide bonds. The molecule has 0 radical (unpaired) electrons. The summed E-state index contributed by atoms with van der Waals surface area (Å²) in [6.07, 6.45) is 2.01. The van der Waals surface area contributed by atoms with E-state index in [1.165, 1.54) is 20.5 Å². The second-order valence-corrected chi connectivity index (χ2v) is 6.59. The van der Waals surface area contributed by atoms with Crippen LogP contribution in [-0.2, 0) is 0 Å². The average molecular weight is 291 g/mol. The number of aliphatic hydroxyl groups excluding tert-OH is 1. The van der Waals surface area contributed by atoms with Crippen molar-refractivity contribution in [2.45, 2.75) is 39.7 Å². The van der Waals surface area contributed by atoms with Crippen molar-refractivity contribution in [1.82, 2.24) is 5.32 Å². The molecule has 2 nitrogen and oxygen atoms in total. The van der Waals surface area contributed by atoms with Crippen LogP contribution in [0.4, 0.5) is 0 Å². The molecule has 0 aliphatic rings. The number of aryl methyl sites for hydroxylation is 1. The fraction of sp³-hybridized carbons (Fsp3) is 0.529. The molecule has 0 fully saturated rings. The number of thiophene rings is 1. The summed E-state index contributed by atoms with van der Waals surface area (Å²) in [5.74, 6) is 0.567. The molecule has 1 aromatic carbocycles. The van der Waals surface area contributed by atoms with Crippen molar-refractivity contribution in [3.05, 3.63) is 34.7 Å². The van der Waals surface area contributed by atoms with Gasteiger partial charge in [0.25, 0.3) is 0 Å². The van der Waals surface area contributed by atoms with Gasteiger partial charge in [0.05, 0.1) is 0 Å². The monoisotopic (exact) mass is 291 g/mol. The number of fused-ring (bicyclic) bond motifs is 1. The first-order valence-corrected chi connectivity index (χ1v) is 8.31. The molecule has 1 aromatic heterocycles. The molecular formula is C17H25NOS. The summed E-state index contributed by atoms with van der Waals surface area (Å²) in [7, 11) is 0. The summed E-state index contributed by atoms with van der Waals surface area (Å²) in [4.78, 5) is 1.44.